The fraction of sp³-hybridized carbons (Fsp3) is 0.571. The van der Waals surface area contributed by atoms with E-state index >= 15 is 0 Å². The molecule has 0 saturated carbocycles. The summed E-state index contributed by atoms with van der Waals surface area (Å²) in [7, 11) is 0. The minimum atomic E-state index is -0.427. The van der Waals surface area contributed by atoms with Crippen molar-refractivity contribution < 1.29 is 10.1 Å². The fourth-order valence-corrected chi connectivity index (χ4v) is 0.828. The Kier molecular flexibility index (Phi) is 4.67. The summed E-state index contributed by atoms with van der Waals surface area (Å²) in [6.07, 6.45) is 2.17. The minimum Gasteiger partial charge on any atom is -0.411 e. The van der Waals surface area contributed by atoms with Gasteiger partial charge in [0.05, 0.1) is 4.92 Å². The van der Waals surface area contributed by atoms with Crippen LogP contribution in [0.1, 0.15) is 26.7 Å². The van der Waals surface area contributed by atoms with E-state index in [0.29, 0.717) is 18.4 Å². The second-order valence-corrected chi connectivity index (χ2v) is 2.30. The first-order valence-electron chi connectivity index (χ1n) is 3.62. The lowest BCUT2D eigenvalue weighted by atomic mass is 10.1. The third-order valence-electron chi connectivity index (χ3n) is 1.63. The zero-order valence-corrected chi connectivity index (χ0v) is 7.15. The monoisotopic (exact) mass is 172 g/mol. The zero-order valence-electron chi connectivity index (χ0n) is 7.15. The van der Waals surface area contributed by atoms with Gasteiger partial charge in [0.25, 0.3) is 0 Å². The molecule has 0 aliphatic heterocycles. The van der Waals surface area contributed by atoms with Crippen LogP contribution in [-0.2, 0) is 0 Å². The van der Waals surface area contributed by atoms with Gasteiger partial charge in [-0.15, -0.1) is 5.16 Å². The topological polar surface area (TPSA) is 75.7 Å². The van der Waals surface area contributed by atoms with Gasteiger partial charge < -0.3 is 5.21 Å². The zero-order chi connectivity index (χ0) is 9.56. The molecule has 0 aromatic rings. The van der Waals surface area contributed by atoms with E-state index < -0.39 is 4.92 Å². The Bertz CT molecular complexity index is 221. The summed E-state index contributed by atoms with van der Waals surface area (Å²) in [6.45, 7) is 3.28. The first-order valence-corrected chi connectivity index (χ1v) is 3.62. The van der Waals surface area contributed by atoms with Crippen molar-refractivity contribution >= 4 is 6.21 Å². The lowest BCUT2D eigenvalue weighted by Crippen LogP contribution is -1.99. The van der Waals surface area contributed by atoms with Crippen molar-refractivity contribution in [1.82, 2.24) is 0 Å². The highest BCUT2D eigenvalue weighted by Gasteiger charge is 2.09. The number of nitro groups is 1. The summed E-state index contributed by atoms with van der Waals surface area (Å²) in [5.41, 5.74) is 0.815. The SMILES string of the molecule is CCC(CC=NO)=C(C)[N+](=O)[O-]. The third-order valence-corrected chi connectivity index (χ3v) is 1.63. The van der Waals surface area contributed by atoms with Crippen LogP contribution in [0.15, 0.2) is 16.4 Å². The number of oxime groups is 1. The van der Waals surface area contributed by atoms with Gasteiger partial charge in [0.2, 0.25) is 5.70 Å². The molecule has 0 unspecified atom stereocenters. The lowest BCUT2D eigenvalue weighted by molar-refractivity contribution is -0.425. The van der Waals surface area contributed by atoms with Crippen molar-refractivity contribution in [3.8, 4) is 0 Å². The predicted octanol–water partition coefficient (Wildman–Crippen LogP) is 1.80. The van der Waals surface area contributed by atoms with Gasteiger partial charge in [0, 0.05) is 25.1 Å². The molecule has 0 heterocycles. The van der Waals surface area contributed by atoms with Crippen molar-refractivity contribution in [2.24, 2.45) is 5.16 Å². The Labute approximate surface area is 70.5 Å². The maximum atomic E-state index is 10.3. The molecule has 0 bridgehead atoms. The van der Waals surface area contributed by atoms with E-state index in [9.17, 15) is 10.1 Å². The van der Waals surface area contributed by atoms with E-state index in [2.05, 4.69) is 5.16 Å². The molecule has 68 valence electrons. The number of hydrogen-bond acceptors (Lipinski definition) is 4. The summed E-state index contributed by atoms with van der Waals surface area (Å²) in [5.74, 6) is 0. The fourth-order valence-electron chi connectivity index (χ4n) is 0.828. The van der Waals surface area contributed by atoms with Crippen LogP contribution in [0, 0.1) is 10.1 Å². The summed E-state index contributed by atoms with van der Waals surface area (Å²) < 4.78 is 0. The second kappa shape index (κ2) is 5.29. The van der Waals surface area contributed by atoms with E-state index in [4.69, 9.17) is 5.21 Å². The lowest BCUT2D eigenvalue weighted by Gasteiger charge is -1.98. The van der Waals surface area contributed by atoms with Crippen molar-refractivity contribution in [1.29, 1.82) is 0 Å². The van der Waals surface area contributed by atoms with Gasteiger partial charge in [-0.3, -0.25) is 10.1 Å². The van der Waals surface area contributed by atoms with E-state index in [-0.39, 0.29) is 5.70 Å². The standard InChI is InChI=1S/C7H12N2O3/c1-3-7(4-5-8-10)6(2)9(11)12/h5,10H,3-4H2,1-2H3. The van der Waals surface area contributed by atoms with Gasteiger partial charge in [-0.2, -0.15) is 0 Å². The maximum absolute atomic E-state index is 10.3. The molecule has 5 nitrogen and oxygen atoms in total. The van der Waals surface area contributed by atoms with Gasteiger partial charge >= 0.3 is 0 Å². The highest BCUT2D eigenvalue weighted by Crippen LogP contribution is 2.11. The Morgan fingerprint density at radius 3 is 2.67 bits per heavy atom. The molecule has 12 heavy (non-hydrogen) atoms. The molecule has 0 aliphatic carbocycles. The van der Waals surface area contributed by atoms with Crippen molar-refractivity contribution in [3.05, 3.63) is 21.4 Å². The Morgan fingerprint density at radius 2 is 2.33 bits per heavy atom. The average molecular weight is 172 g/mol. The molecule has 0 radical (unpaired) electrons. The predicted molar refractivity (Wildman–Crippen MR) is 44.9 cm³/mol. The Hall–Kier alpha value is -1.39. The first kappa shape index (κ1) is 10.6. The molecule has 0 spiro atoms. The van der Waals surface area contributed by atoms with Crippen LogP contribution in [0.4, 0.5) is 0 Å². The summed E-state index contributed by atoms with van der Waals surface area (Å²) in [6, 6.07) is 0. The van der Waals surface area contributed by atoms with Crippen LogP contribution in [-0.4, -0.2) is 16.3 Å². The van der Waals surface area contributed by atoms with Gasteiger partial charge in [0.15, 0.2) is 0 Å². The van der Waals surface area contributed by atoms with Gasteiger partial charge in [-0.05, 0) is 6.42 Å². The average Bonchev–Trinajstić information content (AvgIpc) is 2.05. The second-order valence-electron chi connectivity index (χ2n) is 2.30. The number of hydrogen-bond donors (Lipinski definition) is 1. The molecule has 0 aromatic carbocycles. The number of rotatable bonds is 4. The van der Waals surface area contributed by atoms with E-state index in [1.807, 2.05) is 6.92 Å². The minimum absolute atomic E-state index is 0.136. The van der Waals surface area contributed by atoms with Crippen LogP contribution in [0.2, 0.25) is 0 Å². The molecule has 0 aliphatic rings. The number of nitrogens with zero attached hydrogens (tertiary/aromatic N) is 2. The molecule has 0 fully saturated rings. The molecule has 5 heteroatoms. The van der Waals surface area contributed by atoms with E-state index in [1.54, 1.807) is 0 Å². The van der Waals surface area contributed by atoms with Crippen LogP contribution < -0.4 is 0 Å². The maximum Gasteiger partial charge on any atom is 0.242 e. The van der Waals surface area contributed by atoms with Gasteiger partial charge in [-0.1, -0.05) is 6.92 Å². The quantitative estimate of drug-likeness (QED) is 0.304. The van der Waals surface area contributed by atoms with Crippen molar-refractivity contribution in [2.45, 2.75) is 26.7 Å². The highest BCUT2D eigenvalue weighted by molar-refractivity contribution is 5.60. The number of allylic oxidation sites excluding steroid dienone is 2. The summed E-state index contributed by atoms with van der Waals surface area (Å²) in [5, 5.41) is 21.2. The molecule has 0 rings (SSSR count). The Balaban J connectivity index is 4.49. The third kappa shape index (κ3) is 3.14. The van der Waals surface area contributed by atoms with Crippen LogP contribution in [0.3, 0.4) is 0 Å². The van der Waals surface area contributed by atoms with Gasteiger partial charge in [0.1, 0.15) is 0 Å². The van der Waals surface area contributed by atoms with E-state index in [0.717, 1.165) is 0 Å². The first-order chi connectivity index (χ1) is 5.63. The molecular weight excluding hydrogens is 160 g/mol. The van der Waals surface area contributed by atoms with Crippen molar-refractivity contribution in [3.63, 3.8) is 0 Å². The summed E-state index contributed by atoms with van der Waals surface area (Å²) in [4.78, 5) is 9.88. The Morgan fingerprint density at radius 1 is 1.75 bits per heavy atom. The smallest absolute Gasteiger partial charge is 0.242 e. The molecule has 0 saturated heterocycles. The molecular formula is C7H12N2O3. The molecule has 0 aromatic heterocycles. The normalized spacial score (nSPS) is 13.2. The summed E-state index contributed by atoms with van der Waals surface area (Å²) >= 11 is 0. The van der Waals surface area contributed by atoms with Crippen LogP contribution in [0.5, 0.6) is 0 Å². The largest absolute Gasteiger partial charge is 0.411 e. The van der Waals surface area contributed by atoms with E-state index in [1.165, 1.54) is 13.1 Å². The highest BCUT2D eigenvalue weighted by atomic mass is 16.6. The van der Waals surface area contributed by atoms with Crippen LogP contribution >= 0.6 is 0 Å². The van der Waals surface area contributed by atoms with Gasteiger partial charge in [-0.25, -0.2) is 0 Å². The van der Waals surface area contributed by atoms with Crippen molar-refractivity contribution in [2.75, 3.05) is 0 Å². The van der Waals surface area contributed by atoms with Crippen LogP contribution in [0.25, 0.3) is 0 Å². The molecule has 0 amide bonds. The molecule has 0 atom stereocenters. The molecule has 1 N–H and O–H groups in total.